The van der Waals surface area contributed by atoms with Gasteiger partial charge in [-0.05, 0) is 36.6 Å². The second-order valence-electron chi connectivity index (χ2n) is 5.99. The van der Waals surface area contributed by atoms with E-state index in [9.17, 15) is 18.0 Å². The first-order valence-electron chi connectivity index (χ1n) is 7.83. The maximum Gasteiger partial charge on any atom is 0.417 e. The normalized spacial score (nSPS) is 17.1. The zero-order chi connectivity index (χ0) is 18.0. The van der Waals surface area contributed by atoms with Crippen LogP contribution in [0, 0.1) is 5.92 Å². The summed E-state index contributed by atoms with van der Waals surface area (Å²) in [4.78, 5) is 21.4. The smallest absolute Gasteiger partial charge is 0.356 e. The van der Waals surface area contributed by atoms with Crippen LogP contribution >= 0.6 is 0 Å². The lowest BCUT2D eigenvalue weighted by atomic mass is 9.96. The maximum absolute atomic E-state index is 12.7. The minimum atomic E-state index is -4.42. The average molecular weight is 350 g/mol. The third-order valence-electron chi connectivity index (χ3n) is 4.07. The number of pyridine rings is 2. The van der Waals surface area contributed by atoms with Crippen molar-refractivity contribution >= 4 is 17.4 Å². The van der Waals surface area contributed by atoms with Crippen molar-refractivity contribution in [1.82, 2.24) is 15.3 Å². The third-order valence-corrected chi connectivity index (χ3v) is 4.07. The molecule has 2 aromatic rings. The Morgan fingerprint density at radius 3 is 2.76 bits per heavy atom. The summed E-state index contributed by atoms with van der Waals surface area (Å²) < 4.78 is 38.2. The van der Waals surface area contributed by atoms with Gasteiger partial charge in [0.2, 0.25) is 5.91 Å². The van der Waals surface area contributed by atoms with Crippen molar-refractivity contribution in [2.75, 3.05) is 18.0 Å². The van der Waals surface area contributed by atoms with E-state index in [1.165, 1.54) is 13.0 Å². The van der Waals surface area contributed by atoms with E-state index in [-0.39, 0.29) is 11.8 Å². The number of aromatic nitrogens is 2. The summed E-state index contributed by atoms with van der Waals surface area (Å²) in [5.41, 5.74) is 0.883. The Labute approximate surface area is 142 Å². The molecule has 0 aliphatic carbocycles. The molecule has 8 heteroatoms. The van der Waals surface area contributed by atoms with E-state index in [1.807, 2.05) is 11.0 Å². The van der Waals surface area contributed by atoms with Crippen LogP contribution in [0.1, 0.15) is 18.2 Å². The number of nitrogens with one attached hydrogen (secondary N) is 1. The number of nitrogens with zero attached hydrogens (tertiary/aromatic N) is 3. The van der Waals surface area contributed by atoms with Crippen LogP contribution in [0.15, 0.2) is 36.7 Å². The zero-order valence-corrected chi connectivity index (χ0v) is 13.5. The van der Waals surface area contributed by atoms with Crippen LogP contribution < -0.4 is 10.2 Å². The summed E-state index contributed by atoms with van der Waals surface area (Å²) in [6.07, 6.45) is -1.21. The van der Waals surface area contributed by atoms with Crippen LogP contribution in [0.5, 0.6) is 0 Å². The van der Waals surface area contributed by atoms with Gasteiger partial charge in [-0.3, -0.25) is 9.78 Å². The first-order chi connectivity index (χ1) is 11.8. The Morgan fingerprint density at radius 1 is 1.32 bits per heavy atom. The molecule has 3 rings (SSSR count). The summed E-state index contributed by atoms with van der Waals surface area (Å²) >= 11 is 0. The highest BCUT2D eigenvalue weighted by Crippen LogP contribution is 2.35. The third kappa shape index (κ3) is 3.89. The molecule has 2 aromatic heterocycles. The minimum Gasteiger partial charge on any atom is -0.356 e. The molecular formula is C17H17F3N4O. The zero-order valence-electron chi connectivity index (χ0n) is 13.5. The molecule has 0 radical (unpaired) electrons. The second kappa shape index (κ2) is 6.70. The molecule has 0 spiro atoms. The fraction of sp³-hybridized carbons (Fsp3) is 0.353. The van der Waals surface area contributed by atoms with Crippen molar-refractivity contribution in [3.05, 3.63) is 47.9 Å². The van der Waals surface area contributed by atoms with Crippen molar-refractivity contribution in [3.63, 3.8) is 0 Å². The van der Waals surface area contributed by atoms with Crippen LogP contribution in [0.25, 0.3) is 0 Å². The summed E-state index contributed by atoms with van der Waals surface area (Å²) in [6, 6.07) is 6.04. The Morgan fingerprint density at radius 2 is 2.12 bits per heavy atom. The number of fused-ring (bicyclic) bond motifs is 1. The Hall–Kier alpha value is -2.64. The van der Waals surface area contributed by atoms with E-state index in [1.54, 1.807) is 12.3 Å². The van der Waals surface area contributed by atoms with E-state index in [4.69, 9.17) is 0 Å². The van der Waals surface area contributed by atoms with Gasteiger partial charge in [0, 0.05) is 32.4 Å². The molecule has 0 saturated carbocycles. The standard InChI is InChI=1S/C17H17F3N4O/c1-11(25)22-8-12-7-14-15(3-2-6-21-14)24(10-12)16-5-4-13(9-23-16)17(18,19)20/h2-6,9,12H,7-8,10H2,1H3,(H,22,25). The van der Waals surface area contributed by atoms with Crippen molar-refractivity contribution < 1.29 is 18.0 Å². The number of alkyl halides is 3. The summed E-state index contributed by atoms with van der Waals surface area (Å²) in [6.45, 7) is 2.46. The molecule has 0 fully saturated rings. The number of amides is 1. The molecule has 3 heterocycles. The molecule has 0 aromatic carbocycles. The lowest BCUT2D eigenvalue weighted by Gasteiger charge is -2.34. The van der Waals surface area contributed by atoms with Crippen molar-refractivity contribution in [2.45, 2.75) is 19.5 Å². The molecule has 1 aliphatic heterocycles. The van der Waals surface area contributed by atoms with E-state index < -0.39 is 11.7 Å². The lowest BCUT2D eigenvalue weighted by Crippen LogP contribution is -2.39. The monoisotopic (exact) mass is 350 g/mol. The number of rotatable bonds is 3. The Balaban J connectivity index is 1.89. The molecule has 0 bridgehead atoms. The fourth-order valence-electron chi connectivity index (χ4n) is 2.88. The van der Waals surface area contributed by atoms with Gasteiger partial charge in [-0.25, -0.2) is 4.98 Å². The molecule has 1 N–H and O–H groups in total. The quantitative estimate of drug-likeness (QED) is 0.925. The molecule has 5 nitrogen and oxygen atoms in total. The van der Waals surface area contributed by atoms with Crippen LogP contribution in [0.3, 0.4) is 0 Å². The highest BCUT2D eigenvalue weighted by atomic mass is 19.4. The van der Waals surface area contributed by atoms with Crippen molar-refractivity contribution in [2.24, 2.45) is 5.92 Å². The second-order valence-corrected chi connectivity index (χ2v) is 5.99. The van der Waals surface area contributed by atoms with Crippen LogP contribution in [0.2, 0.25) is 0 Å². The average Bonchev–Trinajstić information content (AvgIpc) is 2.58. The molecule has 0 saturated heterocycles. The minimum absolute atomic E-state index is 0.0930. The summed E-state index contributed by atoms with van der Waals surface area (Å²) in [5, 5.41) is 2.78. The van der Waals surface area contributed by atoms with Gasteiger partial charge in [-0.2, -0.15) is 13.2 Å². The van der Waals surface area contributed by atoms with Gasteiger partial charge in [-0.1, -0.05) is 0 Å². The molecule has 1 amide bonds. The summed E-state index contributed by atoms with van der Waals surface area (Å²) in [7, 11) is 0. The van der Waals surface area contributed by atoms with Gasteiger partial charge in [0.15, 0.2) is 0 Å². The first kappa shape index (κ1) is 17.2. The fourth-order valence-corrected chi connectivity index (χ4v) is 2.88. The van der Waals surface area contributed by atoms with Gasteiger partial charge >= 0.3 is 6.18 Å². The highest BCUT2D eigenvalue weighted by Gasteiger charge is 2.32. The van der Waals surface area contributed by atoms with Gasteiger partial charge in [0.25, 0.3) is 0 Å². The van der Waals surface area contributed by atoms with E-state index >= 15 is 0 Å². The number of halogens is 3. The van der Waals surface area contributed by atoms with Crippen LogP contribution in [0.4, 0.5) is 24.7 Å². The molecule has 1 aliphatic rings. The van der Waals surface area contributed by atoms with Gasteiger partial charge < -0.3 is 10.2 Å². The number of carbonyl (C=O) groups is 1. The van der Waals surface area contributed by atoms with Gasteiger partial charge in [0.1, 0.15) is 5.82 Å². The predicted molar refractivity (Wildman–Crippen MR) is 86.4 cm³/mol. The van der Waals surface area contributed by atoms with E-state index in [0.717, 1.165) is 23.6 Å². The molecular weight excluding hydrogens is 333 g/mol. The predicted octanol–water partition coefficient (Wildman–Crippen LogP) is 2.94. The van der Waals surface area contributed by atoms with Crippen LogP contribution in [-0.2, 0) is 17.4 Å². The van der Waals surface area contributed by atoms with Crippen LogP contribution in [-0.4, -0.2) is 29.0 Å². The molecule has 1 atom stereocenters. The molecule has 132 valence electrons. The molecule has 25 heavy (non-hydrogen) atoms. The largest absolute Gasteiger partial charge is 0.417 e. The van der Waals surface area contributed by atoms with Crippen molar-refractivity contribution in [3.8, 4) is 0 Å². The summed E-state index contributed by atoms with van der Waals surface area (Å²) in [5.74, 6) is 0.399. The topological polar surface area (TPSA) is 58.1 Å². The Kier molecular flexibility index (Phi) is 4.61. The number of anilines is 2. The Bertz CT molecular complexity index is 761. The van der Waals surface area contributed by atoms with Gasteiger partial charge in [0.05, 0.1) is 16.9 Å². The number of hydrogen-bond acceptors (Lipinski definition) is 4. The molecule has 1 unspecified atom stereocenters. The maximum atomic E-state index is 12.7. The number of carbonyl (C=O) groups excluding carboxylic acids is 1. The van der Waals surface area contributed by atoms with Crippen molar-refractivity contribution in [1.29, 1.82) is 0 Å². The SMILES string of the molecule is CC(=O)NCC1Cc2ncccc2N(c2ccc(C(F)(F)F)cn2)C1. The van der Waals surface area contributed by atoms with Gasteiger partial charge in [-0.15, -0.1) is 0 Å². The lowest BCUT2D eigenvalue weighted by molar-refractivity contribution is -0.137. The highest BCUT2D eigenvalue weighted by molar-refractivity contribution is 5.73. The van der Waals surface area contributed by atoms with E-state index in [0.29, 0.717) is 25.3 Å². The number of hydrogen-bond donors (Lipinski definition) is 1. The van der Waals surface area contributed by atoms with E-state index in [2.05, 4.69) is 15.3 Å². The first-order valence-corrected chi connectivity index (χ1v) is 7.83.